The Balaban J connectivity index is 1.42. The topological polar surface area (TPSA) is 9.23 Å². The largest absolute Gasteiger partial charge is 0.490 e. The number of benzene rings is 2. The van der Waals surface area contributed by atoms with Crippen molar-refractivity contribution in [2.24, 2.45) is 17.8 Å². The molecule has 0 aliphatic heterocycles. The molecule has 174 valence electrons. The lowest BCUT2D eigenvalue weighted by atomic mass is 9.68. The molecule has 0 amide bonds. The molecule has 0 unspecified atom stereocenters. The van der Waals surface area contributed by atoms with Crippen molar-refractivity contribution in [1.82, 2.24) is 0 Å². The van der Waals surface area contributed by atoms with Crippen molar-refractivity contribution in [2.75, 3.05) is 6.61 Å². The normalized spacial score (nSPS) is 26.6. The Kier molecular flexibility index (Phi) is 7.86. The summed E-state index contributed by atoms with van der Waals surface area (Å²) in [6.45, 7) is 4.64. The lowest BCUT2D eigenvalue weighted by Crippen LogP contribution is -2.25. The summed E-state index contributed by atoms with van der Waals surface area (Å²) >= 11 is 0. The molecule has 0 atom stereocenters. The Morgan fingerprint density at radius 3 is 2.25 bits per heavy atom. The van der Waals surface area contributed by atoms with Crippen molar-refractivity contribution in [3.63, 3.8) is 0 Å². The maximum Gasteiger partial charge on any atom is 0.167 e. The molecule has 3 heteroatoms. The zero-order valence-electron chi connectivity index (χ0n) is 19.7. The third-order valence-corrected chi connectivity index (χ3v) is 8.07. The van der Waals surface area contributed by atoms with Crippen molar-refractivity contribution in [3.8, 4) is 5.75 Å². The highest BCUT2D eigenvalue weighted by atomic mass is 19.2. The van der Waals surface area contributed by atoms with E-state index in [9.17, 15) is 0 Å². The Bertz CT molecular complexity index is 918. The van der Waals surface area contributed by atoms with E-state index in [0.29, 0.717) is 23.3 Å². The molecule has 0 radical (unpaired) electrons. The Labute approximate surface area is 192 Å². The number of halogens is 2. The van der Waals surface area contributed by atoms with Crippen LogP contribution in [0.4, 0.5) is 8.78 Å². The minimum absolute atomic E-state index is 0.132. The zero-order valence-corrected chi connectivity index (χ0v) is 19.7. The molecule has 0 aromatic heterocycles. The molecule has 32 heavy (non-hydrogen) atoms. The van der Waals surface area contributed by atoms with Gasteiger partial charge in [-0.25, -0.2) is 8.78 Å². The van der Waals surface area contributed by atoms with Crippen LogP contribution in [-0.4, -0.2) is 6.61 Å². The quantitative estimate of drug-likeness (QED) is 0.390. The summed E-state index contributed by atoms with van der Waals surface area (Å²) in [4.78, 5) is 0. The Morgan fingerprint density at radius 1 is 0.906 bits per heavy atom. The van der Waals surface area contributed by atoms with E-state index in [1.54, 1.807) is 6.07 Å². The van der Waals surface area contributed by atoms with Crippen molar-refractivity contribution in [1.29, 1.82) is 0 Å². The predicted octanol–water partition coefficient (Wildman–Crippen LogP) is 8.95. The van der Waals surface area contributed by atoms with Crippen LogP contribution < -0.4 is 4.74 Å². The third-order valence-electron chi connectivity index (χ3n) is 8.07. The summed E-state index contributed by atoms with van der Waals surface area (Å²) in [7, 11) is 0. The molecule has 0 bridgehead atoms. The first kappa shape index (κ1) is 23.3. The maximum absolute atomic E-state index is 15.1. The van der Waals surface area contributed by atoms with Gasteiger partial charge in [-0.3, -0.25) is 0 Å². The van der Waals surface area contributed by atoms with Gasteiger partial charge in [0.1, 0.15) is 12.4 Å². The number of hydrogen-bond donors (Lipinski definition) is 0. The van der Waals surface area contributed by atoms with Crippen molar-refractivity contribution < 1.29 is 13.5 Å². The first-order chi connectivity index (χ1) is 15.6. The summed E-state index contributed by atoms with van der Waals surface area (Å²) < 4.78 is 35.7. The van der Waals surface area contributed by atoms with E-state index in [1.807, 2.05) is 37.3 Å². The molecule has 2 aliphatic rings. The van der Waals surface area contributed by atoms with Gasteiger partial charge in [-0.1, -0.05) is 50.8 Å². The predicted molar refractivity (Wildman–Crippen MR) is 129 cm³/mol. The van der Waals surface area contributed by atoms with Crippen LogP contribution in [0, 0.1) is 29.4 Å². The van der Waals surface area contributed by atoms with Crippen LogP contribution in [0.25, 0.3) is 10.8 Å². The van der Waals surface area contributed by atoms with Gasteiger partial charge in [0.15, 0.2) is 11.6 Å². The number of ether oxygens (including phenoxy) is 1. The molecular weight excluding hydrogens is 402 g/mol. The van der Waals surface area contributed by atoms with Crippen LogP contribution in [0.5, 0.6) is 5.75 Å². The minimum Gasteiger partial charge on any atom is -0.490 e. The first-order valence-electron chi connectivity index (χ1n) is 12.8. The van der Waals surface area contributed by atoms with Gasteiger partial charge >= 0.3 is 0 Å². The van der Waals surface area contributed by atoms with Gasteiger partial charge in [0, 0.05) is 5.39 Å². The molecule has 0 spiro atoms. The van der Waals surface area contributed by atoms with E-state index in [2.05, 4.69) is 6.92 Å². The highest BCUT2D eigenvalue weighted by molar-refractivity contribution is 5.85. The molecule has 2 aliphatic carbocycles. The summed E-state index contributed by atoms with van der Waals surface area (Å²) in [5.41, 5.74) is 0.572. The van der Waals surface area contributed by atoms with E-state index in [4.69, 9.17) is 4.74 Å². The van der Waals surface area contributed by atoms with Crippen LogP contribution in [-0.2, 0) is 0 Å². The second-order valence-corrected chi connectivity index (χ2v) is 10.0. The smallest absolute Gasteiger partial charge is 0.167 e. The molecule has 0 heterocycles. The van der Waals surface area contributed by atoms with E-state index >= 15 is 8.78 Å². The maximum atomic E-state index is 15.1. The van der Waals surface area contributed by atoms with Gasteiger partial charge in [0.2, 0.25) is 0 Å². The van der Waals surface area contributed by atoms with Gasteiger partial charge in [0.05, 0.1) is 0 Å². The monoisotopic (exact) mass is 440 g/mol. The fourth-order valence-electron chi connectivity index (χ4n) is 6.21. The highest BCUT2D eigenvalue weighted by Gasteiger charge is 2.32. The fraction of sp³-hybridized carbons (Fsp3) is 0.586. The van der Waals surface area contributed by atoms with Crippen LogP contribution in [0.1, 0.15) is 89.5 Å². The average molecular weight is 441 g/mol. The van der Waals surface area contributed by atoms with Gasteiger partial charge in [0.25, 0.3) is 0 Å². The summed E-state index contributed by atoms with van der Waals surface area (Å²) in [5, 5.41) is 1.07. The van der Waals surface area contributed by atoms with Crippen LogP contribution in [0.15, 0.2) is 36.4 Å². The van der Waals surface area contributed by atoms with E-state index in [1.165, 1.54) is 38.5 Å². The second kappa shape index (κ2) is 10.8. The van der Waals surface area contributed by atoms with Gasteiger partial charge in [-0.15, -0.1) is 0 Å². The average Bonchev–Trinajstić information content (AvgIpc) is 2.83. The molecule has 0 saturated heterocycles. The summed E-state index contributed by atoms with van der Waals surface area (Å²) in [5.74, 6) is 1.87. The summed E-state index contributed by atoms with van der Waals surface area (Å²) in [6, 6.07) is 7.20. The summed E-state index contributed by atoms with van der Waals surface area (Å²) in [6.07, 6.45) is 16.3. The number of hydrogen-bond acceptors (Lipinski definition) is 1. The van der Waals surface area contributed by atoms with Gasteiger partial charge < -0.3 is 4.74 Å². The van der Waals surface area contributed by atoms with E-state index in [-0.39, 0.29) is 5.92 Å². The van der Waals surface area contributed by atoms with Crippen molar-refractivity contribution in [3.05, 3.63) is 53.6 Å². The number of rotatable bonds is 7. The Morgan fingerprint density at radius 2 is 1.59 bits per heavy atom. The minimum atomic E-state index is -0.731. The lowest BCUT2D eigenvalue weighted by molar-refractivity contribution is 0.156. The third kappa shape index (κ3) is 5.18. The lowest BCUT2D eigenvalue weighted by Gasteiger charge is -2.38. The molecule has 1 nitrogen and oxygen atoms in total. The molecule has 2 fully saturated rings. The van der Waals surface area contributed by atoms with Crippen molar-refractivity contribution in [2.45, 2.75) is 84.0 Å². The van der Waals surface area contributed by atoms with Crippen LogP contribution >= 0.6 is 0 Å². The van der Waals surface area contributed by atoms with Gasteiger partial charge in [-0.05, 0) is 98.3 Å². The van der Waals surface area contributed by atoms with E-state index in [0.717, 1.165) is 48.8 Å². The molecule has 2 aromatic rings. The number of fused-ring (bicyclic) bond motifs is 1. The molecular formula is C29H38F2O. The highest BCUT2D eigenvalue weighted by Crippen LogP contribution is 2.45. The molecule has 2 aromatic carbocycles. The SMILES string of the molecule is CC=CCOc1ccc2cc(C3CCC(C4CCC(CCC)CC4)CC3)c(F)c(F)c2c1. The van der Waals surface area contributed by atoms with Crippen molar-refractivity contribution >= 4 is 10.8 Å². The van der Waals surface area contributed by atoms with Gasteiger partial charge in [-0.2, -0.15) is 0 Å². The zero-order chi connectivity index (χ0) is 22.5. The molecule has 4 rings (SSSR count). The molecule has 0 N–H and O–H groups in total. The number of allylic oxidation sites excluding steroid dienone is 1. The first-order valence-corrected chi connectivity index (χ1v) is 12.8. The van der Waals surface area contributed by atoms with Crippen LogP contribution in [0.2, 0.25) is 0 Å². The standard InChI is InChI=1S/C29H38F2O/c1-3-5-17-32-25-16-15-24-18-26(28(30)29(31)27(24)19-25)23-13-11-22(12-14-23)21-9-7-20(6-4-2)8-10-21/h3,5,15-16,18-23H,4,6-14,17H2,1-2H3. The Hall–Kier alpha value is -1.90. The second-order valence-electron chi connectivity index (χ2n) is 10.0. The van der Waals surface area contributed by atoms with E-state index < -0.39 is 11.6 Å². The van der Waals surface area contributed by atoms with Crippen LogP contribution in [0.3, 0.4) is 0 Å². The fourth-order valence-corrected chi connectivity index (χ4v) is 6.21. The molecule has 2 saturated carbocycles.